The topological polar surface area (TPSA) is 177 Å². The van der Waals surface area contributed by atoms with Gasteiger partial charge in [-0.05, 0) is 84.3 Å². The molecule has 0 aromatic heterocycles. The Morgan fingerprint density at radius 1 is 0.763 bits per heavy atom. The van der Waals surface area contributed by atoms with Gasteiger partial charge in [-0.15, -0.1) is 0 Å². The molecule has 5 aromatic carbocycles. The largest absolute Gasteiger partial charge is 0.491 e. The maximum atomic E-state index is 16.8. The first kappa shape index (κ1) is 50.9. The van der Waals surface area contributed by atoms with Crippen LogP contribution in [0.1, 0.15) is 90.1 Å². The van der Waals surface area contributed by atoms with Crippen molar-refractivity contribution in [1.82, 2.24) is 14.7 Å². The molecule has 3 amide bonds. The van der Waals surface area contributed by atoms with Crippen molar-refractivity contribution in [3.8, 4) is 29.1 Å². The van der Waals surface area contributed by atoms with Crippen molar-refractivity contribution in [3.05, 3.63) is 155 Å². The standard InChI is InChI=1S/C60H62N4O12/c1-71-34-35-73-58(69)63-46-22-20-40(24-27-59(70)25-12-2-3-13-26-59)36-45(46)60(57(63)68)50(55(66)62-30-28-61(29-31-62)38-41-21-23-48-49(37-41)75-39-74-48)52-56(67)76-53(43-16-8-5-9-17-43)51(42-14-6-4-7-15-42)64(52)54(60)44-18-10-11-19-47(44)72-33-32-65/h4-11,14-23,36-37,50-54,65,70H,2-3,12-13,25-26,28-35,38-39H2,1H3/t50-,51-,52-,53+,54+,60-/m1/s1. The van der Waals surface area contributed by atoms with Crippen LogP contribution in [-0.4, -0.2) is 127 Å². The van der Waals surface area contributed by atoms with Gasteiger partial charge in [0.25, 0.3) is 0 Å². The zero-order valence-electron chi connectivity index (χ0n) is 42.5. The maximum absolute atomic E-state index is 16.8. The lowest BCUT2D eigenvalue weighted by Gasteiger charge is -2.46. The van der Waals surface area contributed by atoms with Crippen LogP contribution >= 0.6 is 0 Å². The first-order valence-corrected chi connectivity index (χ1v) is 26.3. The lowest BCUT2D eigenvalue weighted by Crippen LogP contribution is -2.59. The summed E-state index contributed by atoms with van der Waals surface area (Å²) in [6, 6.07) is 33.5. The molecule has 2 N–H and O–H groups in total. The summed E-state index contributed by atoms with van der Waals surface area (Å²) in [6.45, 7) is 1.60. The van der Waals surface area contributed by atoms with Gasteiger partial charge in [-0.25, -0.2) is 9.69 Å². The zero-order chi connectivity index (χ0) is 52.4. The predicted octanol–water partition coefficient (Wildman–Crippen LogP) is 7.02. The summed E-state index contributed by atoms with van der Waals surface area (Å²) in [7, 11) is 1.47. The number of aliphatic hydroxyl groups is 2. The second-order valence-electron chi connectivity index (χ2n) is 20.3. The van der Waals surface area contributed by atoms with E-state index in [0.29, 0.717) is 66.4 Å². The van der Waals surface area contributed by atoms with Gasteiger partial charge in [0.05, 0.1) is 36.9 Å². The molecule has 1 aliphatic carbocycles. The predicted molar refractivity (Wildman–Crippen MR) is 278 cm³/mol. The molecule has 0 unspecified atom stereocenters. The number of imide groups is 1. The molecule has 11 rings (SSSR count). The lowest BCUT2D eigenvalue weighted by molar-refractivity contribution is -0.179. The molecule has 16 heteroatoms. The van der Waals surface area contributed by atoms with Gasteiger partial charge in [0, 0.05) is 51.0 Å². The van der Waals surface area contributed by atoms with Gasteiger partial charge in [0.1, 0.15) is 42.1 Å². The highest BCUT2D eigenvalue weighted by molar-refractivity contribution is 6.23. The number of ether oxygens (including phenoxy) is 6. The number of amides is 3. The molecule has 6 aliphatic rings. The Bertz CT molecular complexity index is 3020. The SMILES string of the molecule is COCCOC(=O)N1C(=O)[C@@]2(c3cc(C#CC4(O)CCCCCC4)ccc31)[C@H](c1ccccc1OCCO)N1[C@H](c3ccccc3)[C@H](c3ccccc3)OC(=O)[C@H]1[C@@H]2C(=O)N1CCN(Cc2ccc3c(c2)OCO3)CC1. The summed E-state index contributed by atoms with van der Waals surface area (Å²) in [5.41, 5.74) is 0.379. The van der Waals surface area contributed by atoms with E-state index < -0.39 is 65.0 Å². The minimum absolute atomic E-state index is 0.0461. The van der Waals surface area contributed by atoms with E-state index in [1.807, 2.05) is 89.8 Å². The van der Waals surface area contributed by atoms with Crippen LogP contribution in [-0.2, 0) is 40.6 Å². The third kappa shape index (κ3) is 9.34. The number of esters is 1. The number of aliphatic hydroxyl groups excluding tert-OH is 1. The summed E-state index contributed by atoms with van der Waals surface area (Å²) in [5.74, 6) is 4.59. The lowest BCUT2D eigenvalue weighted by atomic mass is 9.64. The van der Waals surface area contributed by atoms with Crippen molar-refractivity contribution in [2.75, 3.05) is 71.4 Å². The number of hydrogen-bond acceptors (Lipinski definition) is 14. The normalized spacial score (nSPS) is 24.8. The first-order chi connectivity index (χ1) is 37.1. The summed E-state index contributed by atoms with van der Waals surface area (Å²) >= 11 is 0. The van der Waals surface area contributed by atoms with E-state index in [1.165, 1.54) is 7.11 Å². The quantitative estimate of drug-likeness (QED) is 0.0565. The Balaban J connectivity index is 1.13. The van der Waals surface area contributed by atoms with Crippen molar-refractivity contribution in [2.24, 2.45) is 5.92 Å². The number of nitrogens with zero attached hydrogens (tertiary/aromatic N) is 4. The van der Waals surface area contributed by atoms with Crippen LogP contribution in [0, 0.1) is 17.8 Å². The van der Waals surface area contributed by atoms with Gasteiger partial charge in [0.2, 0.25) is 18.6 Å². The number of para-hydroxylation sites is 1. The molecule has 0 radical (unpaired) electrons. The van der Waals surface area contributed by atoms with Crippen LogP contribution in [0.25, 0.3) is 0 Å². The molecule has 5 heterocycles. The van der Waals surface area contributed by atoms with Crippen molar-refractivity contribution < 1.29 is 57.8 Å². The van der Waals surface area contributed by atoms with Gasteiger partial charge in [-0.1, -0.05) is 110 Å². The highest BCUT2D eigenvalue weighted by Gasteiger charge is 2.76. The Hall–Kier alpha value is -7.26. The van der Waals surface area contributed by atoms with Crippen LogP contribution in [0.2, 0.25) is 0 Å². The van der Waals surface area contributed by atoms with Crippen LogP contribution in [0.3, 0.4) is 0 Å². The summed E-state index contributed by atoms with van der Waals surface area (Å²) in [4.78, 5) is 70.8. The number of methoxy groups -OCH3 is 1. The average molecular weight is 1030 g/mol. The molecule has 5 aliphatic heterocycles. The van der Waals surface area contributed by atoms with Crippen LogP contribution in [0.15, 0.2) is 121 Å². The highest BCUT2D eigenvalue weighted by atomic mass is 16.7. The molecule has 0 bridgehead atoms. The third-order valence-corrected chi connectivity index (χ3v) is 15.9. The monoisotopic (exact) mass is 1030 g/mol. The Kier molecular flexibility index (Phi) is 14.6. The number of hydrogen-bond donors (Lipinski definition) is 2. The molecule has 16 nitrogen and oxygen atoms in total. The summed E-state index contributed by atoms with van der Waals surface area (Å²) in [6.07, 6.45) is 2.70. The smallest absolute Gasteiger partial charge is 0.421 e. The Morgan fingerprint density at radius 3 is 2.21 bits per heavy atom. The molecule has 394 valence electrons. The number of carbonyl (C=O) groups is 4. The molecule has 1 spiro atoms. The fourth-order valence-electron chi connectivity index (χ4n) is 12.4. The molecule has 76 heavy (non-hydrogen) atoms. The number of fused-ring (bicyclic) bond motifs is 4. The number of carbonyl (C=O) groups excluding carboxylic acids is 4. The van der Waals surface area contributed by atoms with E-state index >= 15 is 14.4 Å². The van der Waals surface area contributed by atoms with Gasteiger partial charge >= 0.3 is 12.1 Å². The molecule has 3 saturated heterocycles. The van der Waals surface area contributed by atoms with E-state index in [4.69, 9.17) is 28.4 Å². The van der Waals surface area contributed by atoms with E-state index in [0.717, 1.165) is 41.7 Å². The van der Waals surface area contributed by atoms with Gasteiger partial charge in [0.15, 0.2) is 11.5 Å². The minimum Gasteiger partial charge on any atom is -0.491 e. The number of anilines is 1. The number of piperazine rings is 1. The van der Waals surface area contributed by atoms with Crippen molar-refractivity contribution in [3.63, 3.8) is 0 Å². The second-order valence-corrected chi connectivity index (χ2v) is 20.3. The molecule has 6 atom stereocenters. The average Bonchev–Trinajstić information content (AvgIpc) is 4.25. The maximum Gasteiger partial charge on any atom is 0.421 e. The van der Waals surface area contributed by atoms with E-state index in [2.05, 4.69) is 16.7 Å². The van der Waals surface area contributed by atoms with E-state index in [1.54, 1.807) is 41.3 Å². The van der Waals surface area contributed by atoms with Gasteiger partial charge < -0.3 is 43.5 Å². The summed E-state index contributed by atoms with van der Waals surface area (Å²) < 4.78 is 35.4. The molecular weight excluding hydrogens is 969 g/mol. The fourth-order valence-corrected chi connectivity index (χ4v) is 12.4. The first-order valence-electron chi connectivity index (χ1n) is 26.3. The zero-order valence-corrected chi connectivity index (χ0v) is 42.5. The second kappa shape index (κ2) is 21.8. The van der Waals surface area contributed by atoms with Crippen molar-refractivity contribution in [1.29, 1.82) is 0 Å². The number of cyclic esters (lactones) is 1. The fraction of sp³-hybridized carbons (Fsp3) is 0.400. The van der Waals surface area contributed by atoms with Crippen molar-refractivity contribution >= 4 is 29.6 Å². The summed E-state index contributed by atoms with van der Waals surface area (Å²) in [5, 5.41) is 22.0. The van der Waals surface area contributed by atoms with Crippen LogP contribution < -0.4 is 19.1 Å². The number of benzene rings is 5. The molecule has 5 aromatic rings. The van der Waals surface area contributed by atoms with Gasteiger partial charge in [-0.3, -0.25) is 24.2 Å². The molecule has 4 fully saturated rings. The molecular formula is C60H62N4O12. The number of rotatable bonds is 12. The number of morpholine rings is 1. The van der Waals surface area contributed by atoms with E-state index in [-0.39, 0.29) is 57.6 Å². The third-order valence-electron chi connectivity index (χ3n) is 15.9. The van der Waals surface area contributed by atoms with Crippen LogP contribution in [0.4, 0.5) is 10.5 Å². The highest BCUT2D eigenvalue weighted by Crippen LogP contribution is 2.67. The van der Waals surface area contributed by atoms with Crippen molar-refractivity contribution in [2.45, 2.75) is 80.3 Å². The van der Waals surface area contributed by atoms with Gasteiger partial charge in [-0.2, -0.15) is 0 Å². The molecule has 1 saturated carbocycles. The Morgan fingerprint density at radius 2 is 1.47 bits per heavy atom. The van der Waals surface area contributed by atoms with E-state index in [9.17, 15) is 15.0 Å². The minimum atomic E-state index is -2.10. The Labute approximate surface area is 442 Å². The van der Waals surface area contributed by atoms with Crippen LogP contribution in [0.5, 0.6) is 17.2 Å².